The fourth-order valence-corrected chi connectivity index (χ4v) is 1.76. The van der Waals surface area contributed by atoms with Gasteiger partial charge in [-0.05, 0) is 6.92 Å². The Morgan fingerprint density at radius 3 is 2.50 bits per heavy atom. The topological polar surface area (TPSA) is 31.4 Å². The van der Waals surface area contributed by atoms with Crippen molar-refractivity contribution in [1.82, 2.24) is 4.98 Å². The van der Waals surface area contributed by atoms with Crippen LogP contribution in [0.1, 0.15) is 11.3 Å². The average molecular weight is 300 g/mol. The molecule has 90 valence electrons. The predicted molar refractivity (Wildman–Crippen MR) is 54.8 cm³/mol. The van der Waals surface area contributed by atoms with Crippen LogP contribution in [0.2, 0.25) is 0 Å². The van der Waals surface area contributed by atoms with Crippen LogP contribution in [-0.2, 0) is 5.33 Å². The first-order valence-corrected chi connectivity index (χ1v) is 5.35. The van der Waals surface area contributed by atoms with Gasteiger partial charge in [0, 0.05) is 10.9 Å². The Hall–Kier alpha value is -0.980. The fraction of sp³-hybridized carbons (Fsp3) is 0.444. The van der Waals surface area contributed by atoms with Crippen LogP contribution in [-0.4, -0.2) is 18.5 Å². The average Bonchev–Trinajstić information content (AvgIpc) is 2.16. The minimum atomic E-state index is -4.75. The van der Waals surface area contributed by atoms with Crippen LogP contribution in [0.5, 0.6) is 11.5 Å². The van der Waals surface area contributed by atoms with Crippen LogP contribution in [0.3, 0.4) is 0 Å². The van der Waals surface area contributed by atoms with E-state index in [1.807, 2.05) is 0 Å². The predicted octanol–water partition coefficient (Wildman–Crippen LogP) is 3.19. The normalized spacial score (nSPS) is 11.4. The summed E-state index contributed by atoms with van der Waals surface area (Å²) in [6.45, 7) is 1.62. The number of hydrogen-bond donors (Lipinski definition) is 0. The van der Waals surface area contributed by atoms with Gasteiger partial charge in [0.25, 0.3) is 0 Å². The zero-order valence-corrected chi connectivity index (χ0v) is 10.1. The summed E-state index contributed by atoms with van der Waals surface area (Å²) in [5.74, 6) is -0.390. The van der Waals surface area contributed by atoms with Crippen LogP contribution in [0, 0.1) is 6.92 Å². The summed E-state index contributed by atoms with van der Waals surface area (Å²) in [7, 11) is 1.28. The van der Waals surface area contributed by atoms with E-state index < -0.39 is 12.1 Å². The van der Waals surface area contributed by atoms with Gasteiger partial charge in [-0.1, -0.05) is 15.9 Å². The molecule has 0 atom stereocenters. The lowest BCUT2D eigenvalue weighted by atomic mass is 10.2. The Morgan fingerprint density at radius 2 is 2.06 bits per heavy atom. The molecule has 1 heterocycles. The second-order valence-corrected chi connectivity index (χ2v) is 3.47. The van der Waals surface area contributed by atoms with Gasteiger partial charge in [-0.2, -0.15) is 0 Å². The van der Waals surface area contributed by atoms with Crippen molar-refractivity contribution in [2.75, 3.05) is 7.11 Å². The molecule has 0 fully saturated rings. The molecular weight excluding hydrogens is 291 g/mol. The van der Waals surface area contributed by atoms with Crippen molar-refractivity contribution >= 4 is 15.9 Å². The number of methoxy groups -OCH3 is 1. The first-order valence-electron chi connectivity index (χ1n) is 4.23. The molecule has 0 bridgehead atoms. The number of pyridine rings is 1. The zero-order chi connectivity index (χ0) is 12.3. The molecule has 0 aliphatic carbocycles. The van der Waals surface area contributed by atoms with E-state index in [1.54, 1.807) is 6.92 Å². The molecule has 0 amide bonds. The van der Waals surface area contributed by atoms with Crippen molar-refractivity contribution in [1.29, 1.82) is 0 Å². The molecule has 16 heavy (non-hydrogen) atoms. The van der Waals surface area contributed by atoms with Gasteiger partial charge in [-0.15, -0.1) is 13.2 Å². The van der Waals surface area contributed by atoms with E-state index in [-0.39, 0.29) is 5.75 Å². The van der Waals surface area contributed by atoms with Gasteiger partial charge in [0.1, 0.15) is 0 Å². The number of halogens is 4. The lowest BCUT2D eigenvalue weighted by Gasteiger charge is -2.15. The molecule has 1 aromatic heterocycles. The smallest absolute Gasteiger partial charge is 0.492 e. The first-order chi connectivity index (χ1) is 7.39. The molecule has 0 aromatic carbocycles. The largest absolute Gasteiger partial charge is 0.573 e. The van der Waals surface area contributed by atoms with Crippen molar-refractivity contribution in [2.24, 2.45) is 0 Å². The standard InChI is InChI=1S/C9H9BrF3NO2/c1-5-6(3-10)14-4-7(8(5)15-2)16-9(11,12)13/h4H,3H2,1-2H3. The maximum absolute atomic E-state index is 12.1. The third-order valence-electron chi connectivity index (χ3n) is 1.89. The van der Waals surface area contributed by atoms with Gasteiger partial charge in [0.2, 0.25) is 0 Å². The van der Waals surface area contributed by atoms with E-state index in [1.165, 1.54) is 7.11 Å². The highest BCUT2D eigenvalue weighted by Gasteiger charge is 2.33. The number of alkyl halides is 4. The number of rotatable bonds is 3. The van der Waals surface area contributed by atoms with Crippen LogP contribution in [0.15, 0.2) is 6.20 Å². The lowest BCUT2D eigenvalue weighted by Crippen LogP contribution is -2.18. The van der Waals surface area contributed by atoms with Crippen molar-refractivity contribution in [3.63, 3.8) is 0 Å². The Labute approximate surface area is 98.7 Å². The molecule has 0 aliphatic rings. The summed E-state index contributed by atoms with van der Waals surface area (Å²) in [5.41, 5.74) is 1.12. The maximum atomic E-state index is 12.1. The Morgan fingerprint density at radius 1 is 1.44 bits per heavy atom. The number of aromatic nitrogens is 1. The molecule has 0 N–H and O–H groups in total. The molecular formula is C9H9BrF3NO2. The second kappa shape index (κ2) is 4.90. The van der Waals surface area contributed by atoms with Crippen LogP contribution in [0.4, 0.5) is 13.2 Å². The quantitative estimate of drug-likeness (QED) is 0.803. The zero-order valence-electron chi connectivity index (χ0n) is 8.56. The molecule has 0 saturated heterocycles. The van der Waals surface area contributed by atoms with E-state index in [9.17, 15) is 13.2 Å². The minimum Gasteiger partial charge on any atom is -0.492 e. The van der Waals surface area contributed by atoms with Crippen LogP contribution in [0.25, 0.3) is 0 Å². The van der Waals surface area contributed by atoms with Crippen molar-refractivity contribution in [3.05, 3.63) is 17.5 Å². The van der Waals surface area contributed by atoms with Crippen molar-refractivity contribution in [3.8, 4) is 11.5 Å². The monoisotopic (exact) mass is 299 g/mol. The molecule has 3 nitrogen and oxygen atoms in total. The van der Waals surface area contributed by atoms with Gasteiger partial charge >= 0.3 is 6.36 Å². The number of nitrogens with zero attached hydrogens (tertiary/aromatic N) is 1. The third-order valence-corrected chi connectivity index (χ3v) is 2.42. The van der Waals surface area contributed by atoms with Gasteiger partial charge in [0.15, 0.2) is 11.5 Å². The molecule has 0 aliphatic heterocycles. The highest BCUT2D eigenvalue weighted by molar-refractivity contribution is 9.08. The highest BCUT2D eigenvalue weighted by Crippen LogP contribution is 2.35. The molecule has 0 saturated carbocycles. The summed E-state index contributed by atoms with van der Waals surface area (Å²) >= 11 is 3.18. The van der Waals surface area contributed by atoms with E-state index in [0.717, 1.165) is 6.20 Å². The van der Waals surface area contributed by atoms with Gasteiger partial charge in [0.05, 0.1) is 19.0 Å². The summed E-state index contributed by atoms with van der Waals surface area (Å²) in [5, 5.41) is 0.432. The lowest BCUT2D eigenvalue weighted by molar-refractivity contribution is -0.275. The molecule has 1 aromatic rings. The molecule has 7 heteroatoms. The summed E-state index contributed by atoms with van der Waals surface area (Å²) in [6.07, 6.45) is -3.76. The summed E-state index contributed by atoms with van der Waals surface area (Å²) in [4.78, 5) is 3.84. The molecule has 0 unspecified atom stereocenters. The Balaban J connectivity index is 3.16. The third kappa shape index (κ3) is 3.01. The Bertz CT molecular complexity index is 382. The van der Waals surface area contributed by atoms with Gasteiger partial charge in [-0.3, -0.25) is 4.98 Å². The summed E-state index contributed by atoms with van der Waals surface area (Å²) in [6, 6.07) is 0. The number of ether oxygens (including phenoxy) is 2. The van der Waals surface area contributed by atoms with Crippen LogP contribution >= 0.6 is 15.9 Å². The van der Waals surface area contributed by atoms with Crippen LogP contribution < -0.4 is 9.47 Å². The van der Waals surface area contributed by atoms with E-state index in [2.05, 4.69) is 25.7 Å². The second-order valence-electron chi connectivity index (χ2n) is 2.91. The van der Waals surface area contributed by atoms with E-state index in [4.69, 9.17) is 4.74 Å². The van der Waals surface area contributed by atoms with Crippen molar-refractivity contribution < 1.29 is 22.6 Å². The maximum Gasteiger partial charge on any atom is 0.573 e. The van der Waals surface area contributed by atoms with Gasteiger partial charge < -0.3 is 9.47 Å². The number of hydrogen-bond acceptors (Lipinski definition) is 3. The minimum absolute atomic E-state index is 0.0433. The van der Waals surface area contributed by atoms with E-state index >= 15 is 0 Å². The molecule has 1 rings (SSSR count). The molecule has 0 radical (unpaired) electrons. The molecule has 0 spiro atoms. The van der Waals surface area contributed by atoms with Gasteiger partial charge in [-0.25, -0.2) is 0 Å². The fourth-order valence-electron chi connectivity index (χ4n) is 1.19. The van der Waals surface area contributed by atoms with Crippen molar-refractivity contribution in [2.45, 2.75) is 18.6 Å². The Kier molecular flexibility index (Phi) is 4.01. The summed E-state index contributed by atoms with van der Waals surface area (Å²) < 4.78 is 44.9. The first kappa shape index (κ1) is 13.1. The highest BCUT2D eigenvalue weighted by atomic mass is 79.9. The SMILES string of the molecule is COc1c(OC(F)(F)F)cnc(CBr)c1C. The van der Waals surface area contributed by atoms with E-state index in [0.29, 0.717) is 16.6 Å².